The van der Waals surface area contributed by atoms with E-state index in [0.717, 1.165) is 17.2 Å². The first-order valence-electron chi connectivity index (χ1n) is 11.5. The van der Waals surface area contributed by atoms with E-state index < -0.39 is 23.6 Å². The van der Waals surface area contributed by atoms with Crippen LogP contribution >= 0.6 is 0 Å². The van der Waals surface area contributed by atoms with E-state index in [4.69, 9.17) is 9.63 Å². The molecule has 0 aliphatic heterocycles. The van der Waals surface area contributed by atoms with Crippen molar-refractivity contribution in [1.29, 1.82) is 0 Å². The minimum absolute atomic E-state index is 0.0787. The Balaban J connectivity index is 1.56. The van der Waals surface area contributed by atoms with E-state index in [1.165, 1.54) is 12.1 Å². The Morgan fingerprint density at radius 1 is 0.972 bits per heavy atom. The van der Waals surface area contributed by atoms with Crippen LogP contribution in [0.15, 0.2) is 71.3 Å². The summed E-state index contributed by atoms with van der Waals surface area (Å²) in [5.74, 6) is -0.527. The summed E-state index contributed by atoms with van der Waals surface area (Å²) in [7, 11) is 0. The number of nitrogens with zero attached hydrogens (tertiary/aromatic N) is 2. The number of carboxylic acid groups (broad SMARTS) is 1. The van der Waals surface area contributed by atoms with Crippen molar-refractivity contribution in [3.05, 3.63) is 83.4 Å². The van der Waals surface area contributed by atoms with E-state index in [-0.39, 0.29) is 17.4 Å². The molecule has 0 saturated carbocycles. The molecule has 0 spiro atoms. The van der Waals surface area contributed by atoms with Crippen LogP contribution in [-0.4, -0.2) is 21.2 Å². The van der Waals surface area contributed by atoms with Crippen molar-refractivity contribution in [1.82, 2.24) is 10.1 Å². The first-order valence-corrected chi connectivity index (χ1v) is 11.5. The molecule has 0 aliphatic carbocycles. The van der Waals surface area contributed by atoms with Crippen LogP contribution in [-0.2, 0) is 11.0 Å². The fourth-order valence-corrected chi connectivity index (χ4v) is 4.25. The maximum absolute atomic E-state index is 13.5. The fourth-order valence-electron chi connectivity index (χ4n) is 4.25. The monoisotopic (exact) mass is 494 g/mol. The van der Waals surface area contributed by atoms with Crippen molar-refractivity contribution in [2.75, 3.05) is 0 Å². The summed E-state index contributed by atoms with van der Waals surface area (Å²) in [4.78, 5) is 15.6. The number of carbonyl (C=O) groups is 1. The van der Waals surface area contributed by atoms with Gasteiger partial charge in [0.15, 0.2) is 0 Å². The van der Waals surface area contributed by atoms with Crippen molar-refractivity contribution in [3.63, 3.8) is 0 Å². The molecule has 36 heavy (non-hydrogen) atoms. The highest BCUT2D eigenvalue weighted by atomic mass is 19.4. The number of alkyl halides is 3. The second kappa shape index (κ2) is 9.97. The molecule has 1 aromatic heterocycles. The number of carboxylic acids is 1. The van der Waals surface area contributed by atoms with E-state index >= 15 is 0 Å². The van der Waals surface area contributed by atoms with Crippen LogP contribution in [0.1, 0.15) is 42.9 Å². The highest BCUT2D eigenvalue weighted by molar-refractivity contribution is 5.74. The largest absolute Gasteiger partial charge is 0.481 e. The van der Waals surface area contributed by atoms with Gasteiger partial charge in [0.05, 0.1) is 11.5 Å². The quantitative estimate of drug-likeness (QED) is 0.286. The Labute approximate surface area is 206 Å². The van der Waals surface area contributed by atoms with Crippen LogP contribution in [0, 0.1) is 12.8 Å². The van der Waals surface area contributed by atoms with Gasteiger partial charge < -0.3 is 9.63 Å². The van der Waals surface area contributed by atoms with Crippen LogP contribution in [0.2, 0.25) is 0 Å². The number of hydrogen-bond acceptors (Lipinski definition) is 4. The third-order valence-electron chi connectivity index (χ3n) is 6.29. The topological polar surface area (TPSA) is 76.2 Å². The molecule has 4 aromatic rings. The van der Waals surface area contributed by atoms with Gasteiger partial charge in [0, 0.05) is 11.1 Å². The number of aryl methyl sites for hydroxylation is 1. The Morgan fingerprint density at radius 2 is 1.64 bits per heavy atom. The van der Waals surface area contributed by atoms with Crippen molar-refractivity contribution in [2.24, 2.45) is 5.92 Å². The molecule has 4 rings (SSSR count). The zero-order chi connectivity index (χ0) is 26.0. The van der Waals surface area contributed by atoms with Crippen molar-refractivity contribution in [2.45, 2.75) is 39.3 Å². The summed E-state index contributed by atoms with van der Waals surface area (Å²) < 4.78 is 45.9. The van der Waals surface area contributed by atoms with Gasteiger partial charge in [0.2, 0.25) is 5.82 Å². The maximum atomic E-state index is 13.5. The molecule has 186 valence electrons. The summed E-state index contributed by atoms with van der Waals surface area (Å²) >= 11 is 0. The summed E-state index contributed by atoms with van der Waals surface area (Å²) in [5, 5.41) is 13.2. The lowest BCUT2D eigenvalue weighted by Gasteiger charge is -2.15. The third-order valence-corrected chi connectivity index (χ3v) is 6.29. The number of aliphatic carboxylic acids is 1. The SMILES string of the molecule is Cc1cc(-c2nc(-c3ccc([C@@H](C)C[C@H](C)C(=O)O)cc3)no2)ccc1-c1ccccc1C(F)(F)F. The molecule has 3 aromatic carbocycles. The first-order chi connectivity index (χ1) is 17.0. The molecule has 0 aliphatic rings. The van der Waals surface area contributed by atoms with E-state index in [1.54, 1.807) is 38.1 Å². The fraction of sp³-hybridized carbons (Fsp3) is 0.250. The molecule has 0 fully saturated rings. The number of aromatic nitrogens is 2. The Morgan fingerprint density at radius 3 is 2.28 bits per heavy atom. The number of halogens is 3. The van der Waals surface area contributed by atoms with Gasteiger partial charge in [-0.05, 0) is 59.7 Å². The van der Waals surface area contributed by atoms with Crippen LogP contribution in [0.4, 0.5) is 13.2 Å². The first kappa shape index (κ1) is 25.2. The molecule has 0 bridgehead atoms. The molecule has 0 amide bonds. The lowest BCUT2D eigenvalue weighted by molar-refractivity contribution is -0.141. The minimum Gasteiger partial charge on any atom is -0.481 e. The van der Waals surface area contributed by atoms with Crippen LogP contribution in [0.3, 0.4) is 0 Å². The predicted octanol–water partition coefficient (Wildman–Crippen LogP) is 7.61. The highest BCUT2D eigenvalue weighted by Crippen LogP contribution is 2.39. The van der Waals surface area contributed by atoms with Gasteiger partial charge in [-0.15, -0.1) is 0 Å². The Kier molecular flexibility index (Phi) is 6.97. The van der Waals surface area contributed by atoms with Crippen molar-refractivity contribution in [3.8, 4) is 34.0 Å². The smallest absolute Gasteiger partial charge is 0.417 e. The number of hydrogen-bond donors (Lipinski definition) is 1. The van der Waals surface area contributed by atoms with Crippen LogP contribution in [0.5, 0.6) is 0 Å². The normalized spacial score (nSPS) is 13.4. The molecular formula is C28H25F3N2O3. The Hall–Kier alpha value is -3.94. The lowest BCUT2D eigenvalue weighted by Crippen LogP contribution is -2.12. The highest BCUT2D eigenvalue weighted by Gasteiger charge is 2.33. The molecule has 1 heterocycles. The van der Waals surface area contributed by atoms with Gasteiger partial charge in [-0.2, -0.15) is 18.2 Å². The second-order valence-corrected chi connectivity index (χ2v) is 8.99. The van der Waals surface area contributed by atoms with Crippen molar-refractivity contribution < 1.29 is 27.6 Å². The number of rotatable bonds is 7. The molecule has 1 N–H and O–H groups in total. The van der Waals surface area contributed by atoms with Gasteiger partial charge >= 0.3 is 12.1 Å². The average molecular weight is 495 g/mol. The zero-order valence-electron chi connectivity index (χ0n) is 20.0. The number of benzene rings is 3. The molecule has 0 saturated heterocycles. The summed E-state index contributed by atoms with van der Waals surface area (Å²) in [6, 6.07) is 18.1. The Bertz CT molecular complexity index is 1380. The molecular weight excluding hydrogens is 469 g/mol. The van der Waals surface area contributed by atoms with Gasteiger partial charge in [-0.1, -0.05) is 67.5 Å². The van der Waals surface area contributed by atoms with E-state index in [1.807, 2.05) is 31.2 Å². The molecule has 2 atom stereocenters. The van der Waals surface area contributed by atoms with Crippen LogP contribution in [0.25, 0.3) is 34.0 Å². The summed E-state index contributed by atoms with van der Waals surface area (Å²) in [6.45, 7) is 5.42. The molecule has 8 heteroatoms. The van der Waals surface area contributed by atoms with Gasteiger partial charge in [0.1, 0.15) is 0 Å². The van der Waals surface area contributed by atoms with Gasteiger partial charge in [-0.25, -0.2) is 0 Å². The predicted molar refractivity (Wildman–Crippen MR) is 130 cm³/mol. The van der Waals surface area contributed by atoms with E-state index in [0.29, 0.717) is 28.9 Å². The summed E-state index contributed by atoms with van der Waals surface area (Å²) in [5.41, 5.74) is 2.92. The van der Waals surface area contributed by atoms with Gasteiger partial charge in [0.25, 0.3) is 5.89 Å². The summed E-state index contributed by atoms with van der Waals surface area (Å²) in [6.07, 6.45) is -3.92. The maximum Gasteiger partial charge on any atom is 0.417 e. The van der Waals surface area contributed by atoms with Gasteiger partial charge in [-0.3, -0.25) is 4.79 Å². The van der Waals surface area contributed by atoms with Crippen LogP contribution < -0.4 is 0 Å². The lowest BCUT2D eigenvalue weighted by atomic mass is 9.91. The van der Waals surface area contributed by atoms with Crippen molar-refractivity contribution >= 4 is 5.97 Å². The molecule has 0 unspecified atom stereocenters. The average Bonchev–Trinajstić information content (AvgIpc) is 3.34. The zero-order valence-corrected chi connectivity index (χ0v) is 20.0. The molecule has 5 nitrogen and oxygen atoms in total. The van der Waals surface area contributed by atoms with E-state index in [2.05, 4.69) is 10.1 Å². The van der Waals surface area contributed by atoms with E-state index in [9.17, 15) is 18.0 Å². The molecule has 0 radical (unpaired) electrons. The minimum atomic E-state index is -4.45. The second-order valence-electron chi connectivity index (χ2n) is 8.99. The standard InChI is InChI=1S/C28H25F3N2O3/c1-16(14-18(3)27(34)35)19-8-10-20(11-9-19)25-32-26(36-33-25)21-12-13-22(17(2)15-21)23-6-4-5-7-24(23)28(29,30)31/h4-13,15-16,18H,14H2,1-3H3,(H,34,35)/t16-,18-/m0/s1. The third kappa shape index (κ3) is 5.32.